The van der Waals surface area contributed by atoms with E-state index in [9.17, 15) is 9.59 Å². The Hall–Kier alpha value is -6.55. The lowest BCUT2D eigenvalue weighted by Gasteiger charge is -2.23. The van der Waals surface area contributed by atoms with Crippen LogP contribution in [-0.4, -0.2) is 52.8 Å². The maximum absolute atomic E-state index is 14.0. The Labute approximate surface area is 295 Å². The molecule has 6 aromatic rings. The molecule has 51 heavy (non-hydrogen) atoms. The lowest BCUT2D eigenvalue weighted by atomic mass is 10.1. The fourth-order valence-electron chi connectivity index (χ4n) is 5.46. The number of unbranched alkanes of at least 4 members (excludes halogenated alkanes) is 1. The fraction of sp³-hybridized carbons (Fsp3) is 0.237. The number of aryl methyl sites for hydroxylation is 1. The molecule has 0 unspecified atom stereocenters. The highest BCUT2D eigenvalue weighted by Crippen LogP contribution is 2.26. The third-order valence-electron chi connectivity index (χ3n) is 8.05. The van der Waals surface area contributed by atoms with E-state index < -0.39 is 0 Å². The number of aromatic amines is 2. The summed E-state index contributed by atoms with van der Waals surface area (Å²) in [5, 5.41) is 26.3. The molecule has 13 nitrogen and oxygen atoms in total. The summed E-state index contributed by atoms with van der Waals surface area (Å²) < 4.78 is 0. The minimum absolute atomic E-state index is 0.0110. The zero-order valence-electron chi connectivity index (χ0n) is 28.5. The summed E-state index contributed by atoms with van der Waals surface area (Å²) in [4.78, 5) is 36.1. The lowest BCUT2D eigenvalue weighted by molar-refractivity contribution is -0.803. The van der Waals surface area contributed by atoms with Crippen LogP contribution in [0.4, 0.5) is 11.4 Å². The molecule has 0 bridgehead atoms. The Morgan fingerprint density at radius 3 is 2.24 bits per heavy atom. The smallest absolute Gasteiger partial charge is 0.308 e. The minimum Gasteiger partial charge on any atom is -0.308 e. The summed E-state index contributed by atoms with van der Waals surface area (Å²) in [7, 11) is 0. The van der Waals surface area contributed by atoms with Crippen molar-refractivity contribution in [2.75, 3.05) is 9.80 Å². The Balaban J connectivity index is 1.20. The second-order valence-corrected chi connectivity index (χ2v) is 11.8. The molecule has 3 heterocycles. The molecule has 0 saturated heterocycles. The van der Waals surface area contributed by atoms with Crippen LogP contribution in [0.2, 0.25) is 0 Å². The molecule has 0 fully saturated rings. The van der Waals surface area contributed by atoms with Crippen molar-refractivity contribution in [3.63, 3.8) is 0 Å². The number of benzene rings is 3. The van der Waals surface area contributed by atoms with Gasteiger partial charge in [-0.25, -0.2) is 0 Å². The monoisotopic (exact) mass is 680 g/mol. The van der Waals surface area contributed by atoms with Gasteiger partial charge in [-0.2, -0.15) is 5.21 Å². The van der Waals surface area contributed by atoms with E-state index >= 15 is 0 Å². The van der Waals surface area contributed by atoms with Crippen LogP contribution in [0.1, 0.15) is 56.2 Å². The Kier molecular flexibility index (Phi) is 11.2. The molecule has 0 aliphatic heterocycles. The van der Waals surface area contributed by atoms with E-state index in [1.807, 2.05) is 91.9 Å². The van der Waals surface area contributed by atoms with Crippen LogP contribution in [0.5, 0.6) is 0 Å². The lowest BCUT2D eigenvalue weighted by Crippen LogP contribution is -2.42. The SMILES string of the molecule is CCCC#Cc1cccc(CN(C(=O)CC[n+]2nc(-c3cccc(N(Cc4cccnc4)C(=O)CC)c3)n[nH]2)c2cccc(-c3nn[nH]n3)c2)c1. The van der Waals surface area contributed by atoms with Crippen LogP contribution in [0.3, 0.4) is 0 Å². The van der Waals surface area contributed by atoms with Gasteiger partial charge >= 0.3 is 5.82 Å². The third-order valence-corrected chi connectivity index (χ3v) is 8.05. The number of aromatic nitrogens is 9. The average molecular weight is 681 g/mol. The van der Waals surface area contributed by atoms with Crippen LogP contribution < -0.4 is 14.6 Å². The van der Waals surface area contributed by atoms with Crippen LogP contribution >= 0.6 is 0 Å². The summed E-state index contributed by atoms with van der Waals surface area (Å²) in [6, 6.07) is 26.8. The van der Waals surface area contributed by atoms with Gasteiger partial charge in [-0.3, -0.25) is 14.6 Å². The number of anilines is 2. The topological polar surface area (TPSA) is 153 Å². The van der Waals surface area contributed by atoms with Gasteiger partial charge in [-0.1, -0.05) is 66.9 Å². The van der Waals surface area contributed by atoms with E-state index in [1.54, 1.807) is 27.0 Å². The highest BCUT2D eigenvalue weighted by atomic mass is 16.2. The molecular formula is C38H38N11O2+. The summed E-state index contributed by atoms with van der Waals surface area (Å²) in [6.45, 7) is 4.93. The van der Waals surface area contributed by atoms with Gasteiger partial charge in [0, 0.05) is 47.7 Å². The largest absolute Gasteiger partial charge is 0.338 e. The molecule has 2 amide bonds. The maximum Gasteiger partial charge on any atom is 0.338 e. The van der Waals surface area contributed by atoms with Crippen molar-refractivity contribution in [3.05, 3.63) is 114 Å². The maximum atomic E-state index is 14.0. The molecule has 3 aromatic carbocycles. The van der Waals surface area contributed by atoms with Crippen molar-refractivity contribution >= 4 is 23.2 Å². The molecule has 0 atom stereocenters. The number of nitrogens with one attached hydrogen (secondary N) is 2. The number of amides is 2. The summed E-state index contributed by atoms with van der Waals surface area (Å²) in [5.74, 6) is 7.17. The molecule has 0 saturated carbocycles. The number of hydrogen-bond acceptors (Lipinski definition) is 8. The van der Waals surface area contributed by atoms with Crippen LogP contribution in [0.15, 0.2) is 97.3 Å². The number of pyridine rings is 1. The first kappa shape index (κ1) is 34.3. The average Bonchev–Trinajstić information content (AvgIpc) is 3.89. The van der Waals surface area contributed by atoms with Gasteiger partial charge < -0.3 is 9.80 Å². The molecule has 0 spiro atoms. The van der Waals surface area contributed by atoms with E-state index in [-0.39, 0.29) is 24.8 Å². The van der Waals surface area contributed by atoms with E-state index in [2.05, 4.69) is 59.8 Å². The highest BCUT2D eigenvalue weighted by Gasteiger charge is 2.22. The van der Waals surface area contributed by atoms with Crippen LogP contribution in [0.25, 0.3) is 22.8 Å². The number of nitrogens with zero attached hydrogens (tertiary/aromatic N) is 9. The molecule has 0 radical (unpaired) electrons. The van der Waals surface area contributed by atoms with Crippen molar-refractivity contribution in [3.8, 4) is 34.6 Å². The molecule has 6 rings (SSSR count). The Morgan fingerprint density at radius 1 is 0.804 bits per heavy atom. The van der Waals surface area contributed by atoms with Gasteiger partial charge in [0.05, 0.1) is 30.2 Å². The van der Waals surface area contributed by atoms with Crippen molar-refractivity contribution in [2.24, 2.45) is 0 Å². The predicted octanol–water partition coefficient (Wildman–Crippen LogP) is 5.05. The van der Waals surface area contributed by atoms with E-state index in [1.165, 1.54) is 0 Å². The summed E-state index contributed by atoms with van der Waals surface area (Å²) in [5.41, 5.74) is 5.67. The van der Waals surface area contributed by atoms with Gasteiger partial charge in [-0.15, -0.1) is 10.2 Å². The van der Waals surface area contributed by atoms with Crippen molar-refractivity contribution in [1.82, 2.24) is 41.0 Å². The van der Waals surface area contributed by atoms with Gasteiger partial charge in [0.1, 0.15) is 6.54 Å². The van der Waals surface area contributed by atoms with Crippen LogP contribution in [-0.2, 0) is 29.2 Å². The summed E-state index contributed by atoms with van der Waals surface area (Å²) >= 11 is 0. The Morgan fingerprint density at radius 2 is 1.53 bits per heavy atom. The first-order valence-electron chi connectivity index (χ1n) is 16.8. The van der Waals surface area contributed by atoms with Crippen molar-refractivity contribution in [2.45, 2.75) is 59.2 Å². The molecule has 3 aromatic heterocycles. The molecule has 2 N–H and O–H groups in total. The van der Waals surface area contributed by atoms with Gasteiger partial charge in [0.15, 0.2) is 0 Å². The number of rotatable bonds is 13. The third kappa shape index (κ3) is 8.93. The minimum atomic E-state index is -0.112. The van der Waals surface area contributed by atoms with E-state index in [0.717, 1.165) is 46.3 Å². The quantitative estimate of drug-likeness (QED) is 0.127. The number of H-pyrrole nitrogens is 2. The standard InChI is InChI=1S/C38H37N11O2/c1-3-5-6-11-28-12-7-13-29(22-28)26-48(34-18-8-15-31(23-34)37-40-44-45-41-37)36(51)19-21-49-43-38(42-46-49)32-16-9-17-33(24-32)47(35(50)4-2)27-30-14-10-20-39-25-30/h7-10,12-18,20,22-25H,3-5,19,21,26-27H2,1-2H3,(H,40,41,44,45)/p+1. The normalized spacial score (nSPS) is 10.7. The van der Waals surface area contributed by atoms with Crippen molar-refractivity contribution in [1.29, 1.82) is 0 Å². The fourth-order valence-corrected chi connectivity index (χ4v) is 5.46. The Bertz CT molecular complexity index is 2140. The summed E-state index contributed by atoms with van der Waals surface area (Å²) in [6.07, 6.45) is 5.79. The van der Waals surface area contributed by atoms with Crippen LogP contribution in [0, 0.1) is 11.8 Å². The second kappa shape index (κ2) is 16.7. The number of carbonyl (C=O) groups excluding carboxylic acids is 2. The van der Waals surface area contributed by atoms with E-state index in [0.29, 0.717) is 36.8 Å². The first-order valence-corrected chi connectivity index (χ1v) is 16.8. The number of carbonyl (C=O) groups is 2. The van der Waals surface area contributed by atoms with Gasteiger partial charge in [-0.05, 0) is 81.6 Å². The number of tetrazole rings is 2. The molecule has 256 valence electrons. The second-order valence-electron chi connectivity index (χ2n) is 11.8. The van der Waals surface area contributed by atoms with Crippen molar-refractivity contribution < 1.29 is 14.4 Å². The zero-order chi connectivity index (χ0) is 35.4. The zero-order valence-corrected chi connectivity index (χ0v) is 28.5. The molecule has 0 aliphatic carbocycles. The number of hydrogen-bond donors (Lipinski definition) is 2. The molecule has 13 heteroatoms. The first-order chi connectivity index (χ1) is 25.0. The highest BCUT2D eigenvalue weighted by molar-refractivity contribution is 5.94. The predicted molar refractivity (Wildman–Crippen MR) is 191 cm³/mol. The van der Waals surface area contributed by atoms with Gasteiger partial charge in [0.25, 0.3) is 0 Å². The van der Waals surface area contributed by atoms with Gasteiger partial charge in [0.2, 0.25) is 17.6 Å². The molecular weight excluding hydrogens is 642 g/mol. The van der Waals surface area contributed by atoms with E-state index in [4.69, 9.17) is 0 Å². The molecule has 0 aliphatic rings.